The van der Waals surface area contributed by atoms with Gasteiger partial charge in [-0.1, -0.05) is 23.2 Å². The Morgan fingerprint density at radius 2 is 2.29 bits per heavy atom. The number of hydrogen-bond donors (Lipinski definition) is 1. The number of H-pyrrole nitrogens is 1. The van der Waals surface area contributed by atoms with Crippen molar-refractivity contribution >= 4 is 23.2 Å². The fourth-order valence-corrected chi connectivity index (χ4v) is 0.497. The van der Waals surface area contributed by atoms with E-state index >= 15 is 0 Å². The molecule has 0 bridgehead atoms. The Labute approximate surface area is 51.2 Å². The second-order valence-corrected chi connectivity index (χ2v) is 1.86. The van der Waals surface area contributed by atoms with Gasteiger partial charge in [0.15, 0.2) is 0 Å². The summed E-state index contributed by atoms with van der Waals surface area (Å²) in [5, 5.41) is 0.961. The number of aromatic amines is 1. The summed E-state index contributed by atoms with van der Waals surface area (Å²) in [4.78, 5) is 2.61. The zero-order valence-electron chi connectivity index (χ0n) is 3.33. The molecule has 0 aliphatic heterocycles. The van der Waals surface area contributed by atoms with Gasteiger partial charge in [0.25, 0.3) is 0 Å². The molecular formula is C4H2Cl2N. The molecule has 0 fully saturated rings. The first-order valence-corrected chi connectivity index (χ1v) is 2.46. The Hall–Kier alpha value is -0.140. The second-order valence-electron chi connectivity index (χ2n) is 1.08. The van der Waals surface area contributed by atoms with Gasteiger partial charge in [-0.25, -0.2) is 0 Å². The Bertz CT molecular complexity index is 142. The van der Waals surface area contributed by atoms with E-state index in [-0.39, 0.29) is 0 Å². The predicted molar refractivity (Wildman–Crippen MR) is 29.6 cm³/mol. The molecule has 0 aromatic carbocycles. The number of halogens is 2. The molecule has 0 saturated heterocycles. The minimum absolute atomic E-state index is 0.446. The van der Waals surface area contributed by atoms with E-state index in [1.54, 1.807) is 6.20 Å². The van der Waals surface area contributed by atoms with Crippen molar-refractivity contribution in [2.45, 2.75) is 0 Å². The zero-order chi connectivity index (χ0) is 5.28. The lowest BCUT2D eigenvalue weighted by Gasteiger charge is -1.72. The maximum absolute atomic E-state index is 5.43. The van der Waals surface area contributed by atoms with Crippen LogP contribution in [-0.4, -0.2) is 4.98 Å². The highest BCUT2D eigenvalue weighted by atomic mass is 35.5. The number of rotatable bonds is 0. The molecule has 0 atom stereocenters. The molecule has 1 aromatic rings. The van der Waals surface area contributed by atoms with Gasteiger partial charge < -0.3 is 4.98 Å². The van der Waals surface area contributed by atoms with Crippen LogP contribution in [0.15, 0.2) is 6.20 Å². The van der Waals surface area contributed by atoms with Crippen molar-refractivity contribution in [2.24, 2.45) is 0 Å². The molecule has 0 saturated carbocycles. The largest absolute Gasteiger partial charge is 0.357 e. The second kappa shape index (κ2) is 1.76. The zero-order valence-corrected chi connectivity index (χ0v) is 4.85. The molecule has 1 N–H and O–H groups in total. The molecule has 0 aliphatic rings. The lowest BCUT2D eigenvalue weighted by Crippen LogP contribution is -1.46. The standard InChI is InChI=1S/C4H2Cl2N/c5-3-1-7-2-4(3)6/h1,7H. The smallest absolute Gasteiger partial charge is 0.0863 e. The number of hydrogen-bond acceptors (Lipinski definition) is 0. The molecule has 3 heteroatoms. The van der Waals surface area contributed by atoms with Crippen molar-refractivity contribution in [2.75, 3.05) is 0 Å². The van der Waals surface area contributed by atoms with Crippen LogP contribution in [0.3, 0.4) is 0 Å². The van der Waals surface area contributed by atoms with Crippen molar-refractivity contribution in [3.63, 3.8) is 0 Å². The summed E-state index contributed by atoms with van der Waals surface area (Å²) >= 11 is 10.8. The highest BCUT2D eigenvalue weighted by Gasteiger charge is 1.92. The van der Waals surface area contributed by atoms with Crippen molar-refractivity contribution in [1.29, 1.82) is 0 Å². The van der Waals surface area contributed by atoms with E-state index in [0.717, 1.165) is 0 Å². The fraction of sp³-hybridized carbons (Fsp3) is 0. The van der Waals surface area contributed by atoms with Crippen LogP contribution in [0.1, 0.15) is 0 Å². The van der Waals surface area contributed by atoms with Crippen molar-refractivity contribution in [1.82, 2.24) is 4.98 Å². The number of nitrogens with one attached hydrogen (secondary N) is 1. The molecule has 1 rings (SSSR count). The summed E-state index contributed by atoms with van der Waals surface area (Å²) in [6.45, 7) is 0. The van der Waals surface area contributed by atoms with Gasteiger partial charge in [-0.2, -0.15) is 0 Å². The van der Waals surface area contributed by atoms with Gasteiger partial charge in [-0.15, -0.1) is 0 Å². The van der Waals surface area contributed by atoms with Gasteiger partial charge in [-0.05, 0) is 0 Å². The third kappa shape index (κ3) is 0.898. The Morgan fingerprint density at radius 1 is 1.57 bits per heavy atom. The highest BCUT2D eigenvalue weighted by molar-refractivity contribution is 6.41. The van der Waals surface area contributed by atoms with E-state index in [1.165, 1.54) is 0 Å². The van der Waals surface area contributed by atoms with Gasteiger partial charge in [0, 0.05) is 6.20 Å². The van der Waals surface area contributed by atoms with Gasteiger partial charge in [0.2, 0.25) is 0 Å². The third-order valence-electron chi connectivity index (χ3n) is 0.590. The van der Waals surface area contributed by atoms with Crippen LogP contribution < -0.4 is 0 Å². The fourth-order valence-electron chi connectivity index (χ4n) is 0.286. The maximum Gasteiger partial charge on any atom is 0.0863 e. The lowest BCUT2D eigenvalue weighted by atomic mass is 10.7. The Morgan fingerprint density at radius 3 is 2.43 bits per heavy atom. The van der Waals surface area contributed by atoms with Crippen molar-refractivity contribution in [3.8, 4) is 0 Å². The summed E-state index contributed by atoms with van der Waals surface area (Å²) in [6, 6.07) is 0. The molecule has 0 amide bonds. The van der Waals surface area contributed by atoms with Crippen LogP contribution in [-0.2, 0) is 0 Å². The number of aromatic nitrogens is 1. The molecule has 1 heterocycles. The maximum atomic E-state index is 5.43. The Kier molecular flexibility index (Phi) is 1.26. The quantitative estimate of drug-likeness (QED) is 0.560. The van der Waals surface area contributed by atoms with E-state index in [1.807, 2.05) is 0 Å². The van der Waals surface area contributed by atoms with E-state index in [9.17, 15) is 0 Å². The summed E-state index contributed by atoms with van der Waals surface area (Å²) in [5.41, 5.74) is 0. The Balaban J connectivity index is 3.12. The molecule has 1 aromatic heterocycles. The predicted octanol–water partition coefficient (Wildman–Crippen LogP) is 2.12. The molecule has 1 radical (unpaired) electrons. The van der Waals surface area contributed by atoms with Gasteiger partial charge in [0.05, 0.1) is 16.2 Å². The van der Waals surface area contributed by atoms with Crippen molar-refractivity contribution < 1.29 is 0 Å². The first kappa shape index (κ1) is 5.01. The molecule has 7 heavy (non-hydrogen) atoms. The average Bonchev–Trinajstić information content (AvgIpc) is 1.91. The first-order chi connectivity index (χ1) is 3.30. The highest BCUT2D eigenvalue weighted by Crippen LogP contribution is 2.18. The van der Waals surface area contributed by atoms with Crippen LogP contribution in [0.4, 0.5) is 0 Å². The monoisotopic (exact) mass is 134 g/mol. The molecule has 0 aliphatic carbocycles. The van der Waals surface area contributed by atoms with Crippen LogP contribution in [0, 0.1) is 6.20 Å². The van der Waals surface area contributed by atoms with Crippen LogP contribution >= 0.6 is 23.2 Å². The van der Waals surface area contributed by atoms with Crippen LogP contribution in [0.25, 0.3) is 0 Å². The normalized spacial score (nSPS) is 9.43. The van der Waals surface area contributed by atoms with Gasteiger partial charge >= 0.3 is 0 Å². The molecular weight excluding hydrogens is 133 g/mol. The topological polar surface area (TPSA) is 15.8 Å². The minimum Gasteiger partial charge on any atom is -0.357 e. The first-order valence-electron chi connectivity index (χ1n) is 1.71. The van der Waals surface area contributed by atoms with Gasteiger partial charge in [-0.3, -0.25) is 0 Å². The average molecular weight is 135 g/mol. The summed E-state index contributed by atoms with van der Waals surface area (Å²) in [5.74, 6) is 0. The summed E-state index contributed by atoms with van der Waals surface area (Å²) in [7, 11) is 0. The SMILES string of the molecule is Clc1[c][nH]cc1Cl. The van der Waals surface area contributed by atoms with E-state index in [0.29, 0.717) is 10.0 Å². The van der Waals surface area contributed by atoms with Crippen LogP contribution in [0.2, 0.25) is 10.0 Å². The summed E-state index contributed by atoms with van der Waals surface area (Å²) in [6.07, 6.45) is 4.15. The van der Waals surface area contributed by atoms with Gasteiger partial charge in [0.1, 0.15) is 0 Å². The van der Waals surface area contributed by atoms with E-state index in [4.69, 9.17) is 23.2 Å². The van der Waals surface area contributed by atoms with E-state index < -0.39 is 0 Å². The molecule has 37 valence electrons. The molecule has 0 unspecified atom stereocenters. The van der Waals surface area contributed by atoms with E-state index in [2.05, 4.69) is 11.2 Å². The van der Waals surface area contributed by atoms with Crippen LogP contribution in [0.5, 0.6) is 0 Å². The lowest BCUT2D eigenvalue weighted by molar-refractivity contribution is 1.40. The minimum atomic E-state index is 0.446. The molecule has 1 nitrogen and oxygen atoms in total. The third-order valence-corrected chi connectivity index (χ3v) is 1.28. The van der Waals surface area contributed by atoms with Crippen molar-refractivity contribution in [3.05, 3.63) is 22.4 Å². The summed E-state index contributed by atoms with van der Waals surface area (Å²) < 4.78 is 0. The molecule has 0 spiro atoms.